The Labute approximate surface area is 123 Å². The lowest BCUT2D eigenvalue weighted by molar-refractivity contribution is 0.0538. The second kappa shape index (κ2) is 6.85. The van der Waals surface area contributed by atoms with Gasteiger partial charge in [-0.3, -0.25) is 4.79 Å². The summed E-state index contributed by atoms with van der Waals surface area (Å²) in [6.45, 7) is 3.46. The second-order valence-electron chi connectivity index (χ2n) is 5.04. The first-order valence-corrected chi connectivity index (χ1v) is 7.14. The van der Waals surface area contributed by atoms with E-state index in [0.717, 1.165) is 25.0 Å². The summed E-state index contributed by atoms with van der Waals surface area (Å²) in [7, 11) is 1.43. The minimum atomic E-state index is -0.769. The molecule has 0 aromatic heterocycles. The molecule has 1 fully saturated rings. The molecule has 1 unspecified atom stereocenters. The van der Waals surface area contributed by atoms with Gasteiger partial charge in [-0.25, -0.2) is 8.78 Å². The lowest BCUT2D eigenvalue weighted by Crippen LogP contribution is -2.37. The average Bonchev–Trinajstić information content (AvgIpc) is 2.96. The maximum atomic E-state index is 13.7. The van der Waals surface area contributed by atoms with E-state index in [1.54, 1.807) is 4.90 Å². The molecule has 0 saturated carbocycles. The number of anilines is 1. The molecule has 1 saturated heterocycles. The molecule has 4 nitrogen and oxygen atoms in total. The van der Waals surface area contributed by atoms with Crippen LogP contribution in [0.5, 0.6) is 0 Å². The van der Waals surface area contributed by atoms with Crippen molar-refractivity contribution >= 4 is 11.6 Å². The van der Waals surface area contributed by atoms with Gasteiger partial charge < -0.3 is 15.0 Å². The van der Waals surface area contributed by atoms with Crippen LogP contribution in [0.15, 0.2) is 12.1 Å². The minimum absolute atomic E-state index is 0.0141. The number of carbonyl (C=O) groups excluding carboxylic acids is 1. The fraction of sp³-hybridized carbons (Fsp3) is 0.533. The van der Waals surface area contributed by atoms with Gasteiger partial charge in [0.15, 0.2) is 0 Å². The predicted octanol–water partition coefficient (Wildman–Crippen LogP) is 2.65. The van der Waals surface area contributed by atoms with Crippen molar-refractivity contribution in [2.24, 2.45) is 0 Å². The lowest BCUT2D eigenvalue weighted by atomic mass is 10.1. The SMILES string of the molecule is CCN(CC1CCCO1)C(=O)c1cc(F)c(NC)c(F)c1. The van der Waals surface area contributed by atoms with Crippen LogP contribution in [0.2, 0.25) is 0 Å². The van der Waals surface area contributed by atoms with Crippen molar-refractivity contribution in [2.45, 2.75) is 25.9 Å². The van der Waals surface area contributed by atoms with Gasteiger partial charge in [0, 0.05) is 32.3 Å². The molecule has 1 amide bonds. The Balaban J connectivity index is 2.16. The van der Waals surface area contributed by atoms with E-state index in [1.807, 2.05) is 6.92 Å². The van der Waals surface area contributed by atoms with Crippen molar-refractivity contribution in [3.05, 3.63) is 29.3 Å². The Morgan fingerprint density at radius 2 is 2.10 bits per heavy atom. The molecule has 1 aliphatic rings. The molecule has 2 rings (SSSR count). The lowest BCUT2D eigenvalue weighted by Gasteiger charge is -2.24. The number of halogens is 2. The third-order valence-corrected chi connectivity index (χ3v) is 3.66. The number of likely N-dealkylation sites (N-methyl/N-ethyl adjacent to an activating group) is 1. The van der Waals surface area contributed by atoms with Crippen molar-refractivity contribution in [1.82, 2.24) is 4.90 Å². The number of rotatable bonds is 5. The summed E-state index contributed by atoms with van der Waals surface area (Å²) in [6, 6.07) is 2.13. The van der Waals surface area contributed by atoms with E-state index in [9.17, 15) is 13.6 Å². The van der Waals surface area contributed by atoms with E-state index >= 15 is 0 Å². The largest absolute Gasteiger partial charge is 0.383 e. The van der Waals surface area contributed by atoms with E-state index in [0.29, 0.717) is 19.7 Å². The van der Waals surface area contributed by atoms with E-state index < -0.39 is 11.6 Å². The van der Waals surface area contributed by atoms with Crippen molar-refractivity contribution in [3.63, 3.8) is 0 Å². The topological polar surface area (TPSA) is 41.6 Å². The number of ether oxygens (including phenoxy) is 1. The summed E-state index contributed by atoms with van der Waals surface area (Å²) in [4.78, 5) is 13.9. The van der Waals surface area contributed by atoms with Gasteiger partial charge in [-0.2, -0.15) is 0 Å². The molecular formula is C15H20F2N2O2. The number of nitrogens with zero attached hydrogens (tertiary/aromatic N) is 1. The second-order valence-corrected chi connectivity index (χ2v) is 5.04. The molecule has 0 aliphatic carbocycles. The zero-order chi connectivity index (χ0) is 15.4. The zero-order valence-electron chi connectivity index (χ0n) is 12.3. The summed E-state index contributed by atoms with van der Waals surface area (Å²) in [5.74, 6) is -1.92. The third-order valence-electron chi connectivity index (χ3n) is 3.66. The van der Waals surface area contributed by atoms with E-state index in [1.165, 1.54) is 7.05 Å². The van der Waals surface area contributed by atoms with E-state index in [4.69, 9.17) is 4.74 Å². The van der Waals surface area contributed by atoms with Gasteiger partial charge in [0.2, 0.25) is 0 Å². The monoisotopic (exact) mass is 298 g/mol. The Morgan fingerprint density at radius 3 is 2.57 bits per heavy atom. The molecule has 0 bridgehead atoms. The van der Waals surface area contributed by atoms with Gasteiger partial charge in [-0.15, -0.1) is 0 Å². The highest BCUT2D eigenvalue weighted by atomic mass is 19.1. The Kier molecular flexibility index (Phi) is 5.12. The van der Waals surface area contributed by atoms with Gasteiger partial charge in [0.25, 0.3) is 5.91 Å². The van der Waals surface area contributed by atoms with E-state index in [2.05, 4.69) is 5.32 Å². The van der Waals surface area contributed by atoms with Crippen LogP contribution in [0.1, 0.15) is 30.1 Å². The Hall–Kier alpha value is -1.69. The van der Waals surface area contributed by atoms with Crippen LogP contribution < -0.4 is 5.32 Å². The fourth-order valence-corrected chi connectivity index (χ4v) is 2.51. The molecule has 1 aromatic carbocycles. The van der Waals surface area contributed by atoms with Gasteiger partial charge in [0.05, 0.1) is 6.10 Å². The summed E-state index contributed by atoms with van der Waals surface area (Å²) < 4.78 is 33.0. The summed E-state index contributed by atoms with van der Waals surface area (Å²) in [5, 5.41) is 2.44. The van der Waals surface area contributed by atoms with Gasteiger partial charge in [-0.05, 0) is 31.9 Å². The number of amides is 1. The maximum Gasteiger partial charge on any atom is 0.254 e. The fourth-order valence-electron chi connectivity index (χ4n) is 2.51. The molecule has 116 valence electrons. The highest BCUT2D eigenvalue weighted by Gasteiger charge is 2.23. The molecule has 6 heteroatoms. The maximum absolute atomic E-state index is 13.7. The molecule has 0 spiro atoms. The number of benzene rings is 1. The standard InChI is InChI=1S/C15H20F2N2O2/c1-3-19(9-11-5-4-6-21-11)15(20)10-7-12(16)14(18-2)13(17)8-10/h7-8,11,18H,3-6,9H2,1-2H3. The van der Waals surface area contributed by atoms with Crippen molar-refractivity contribution in [1.29, 1.82) is 0 Å². The van der Waals surface area contributed by atoms with Crippen LogP contribution in [0.4, 0.5) is 14.5 Å². The molecule has 1 N–H and O–H groups in total. The molecule has 1 heterocycles. The van der Waals surface area contributed by atoms with Gasteiger partial charge in [-0.1, -0.05) is 0 Å². The van der Waals surface area contributed by atoms with E-state index in [-0.39, 0.29) is 23.3 Å². The van der Waals surface area contributed by atoms with Crippen LogP contribution in [0.3, 0.4) is 0 Å². The Morgan fingerprint density at radius 1 is 1.43 bits per heavy atom. The van der Waals surface area contributed by atoms with Gasteiger partial charge in [0.1, 0.15) is 17.3 Å². The highest BCUT2D eigenvalue weighted by Crippen LogP contribution is 2.22. The quantitative estimate of drug-likeness (QED) is 0.908. The third kappa shape index (κ3) is 3.50. The number of carbonyl (C=O) groups is 1. The van der Waals surface area contributed by atoms with Crippen molar-refractivity contribution in [3.8, 4) is 0 Å². The molecule has 0 radical (unpaired) electrons. The molecule has 21 heavy (non-hydrogen) atoms. The van der Waals surface area contributed by atoms with Crippen LogP contribution >= 0.6 is 0 Å². The van der Waals surface area contributed by atoms with Gasteiger partial charge >= 0.3 is 0 Å². The van der Waals surface area contributed by atoms with Crippen LogP contribution in [-0.2, 0) is 4.74 Å². The minimum Gasteiger partial charge on any atom is -0.383 e. The van der Waals surface area contributed by atoms with Crippen molar-refractivity contribution < 1.29 is 18.3 Å². The first-order valence-electron chi connectivity index (χ1n) is 7.14. The van der Waals surface area contributed by atoms with Crippen LogP contribution in [-0.4, -0.2) is 43.7 Å². The van der Waals surface area contributed by atoms with Crippen molar-refractivity contribution in [2.75, 3.05) is 32.1 Å². The summed E-state index contributed by atoms with van der Waals surface area (Å²) in [5.41, 5.74) is -0.211. The number of hydrogen-bond donors (Lipinski definition) is 1. The summed E-state index contributed by atoms with van der Waals surface area (Å²) >= 11 is 0. The zero-order valence-corrected chi connectivity index (χ0v) is 12.3. The molecule has 1 aromatic rings. The van der Waals surface area contributed by atoms with Crippen LogP contribution in [0.25, 0.3) is 0 Å². The predicted molar refractivity (Wildman–Crippen MR) is 76.5 cm³/mol. The highest BCUT2D eigenvalue weighted by molar-refractivity contribution is 5.94. The first-order chi connectivity index (χ1) is 10.1. The number of hydrogen-bond acceptors (Lipinski definition) is 3. The number of nitrogens with one attached hydrogen (secondary N) is 1. The molecular weight excluding hydrogens is 278 g/mol. The molecule has 1 atom stereocenters. The first kappa shape index (κ1) is 15.7. The Bertz CT molecular complexity index is 493. The smallest absolute Gasteiger partial charge is 0.254 e. The average molecular weight is 298 g/mol. The van der Waals surface area contributed by atoms with Crippen LogP contribution in [0, 0.1) is 11.6 Å². The summed E-state index contributed by atoms with van der Waals surface area (Å²) in [6.07, 6.45) is 1.90. The molecule has 1 aliphatic heterocycles. The normalized spacial score (nSPS) is 17.8.